The fourth-order valence-corrected chi connectivity index (χ4v) is 3.42. The molecule has 0 fully saturated rings. The number of hydrogen-bond donors (Lipinski definition) is 0. The lowest BCUT2D eigenvalue weighted by molar-refractivity contribution is 0.592. The summed E-state index contributed by atoms with van der Waals surface area (Å²) in [7, 11) is 0. The zero-order valence-electron chi connectivity index (χ0n) is 8.19. The number of fused-ring (bicyclic) bond motifs is 1. The summed E-state index contributed by atoms with van der Waals surface area (Å²) >= 11 is 8.24. The van der Waals surface area contributed by atoms with Crippen molar-refractivity contribution in [1.29, 1.82) is 0 Å². The van der Waals surface area contributed by atoms with Crippen LogP contribution in [0.15, 0.2) is 41.8 Å². The molecule has 2 aromatic rings. The molecule has 2 atom stereocenters. The first-order valence-electron chi connectivity index (χ1n) is 5.11. The fraction of sp³-hybridized carbons (Fsp3) is 0.231. The molecule has 0 spiro atoms. The van der Waals surface area contributed by atoms with Gasteiger partial charge in [0.05, 0.1) is 5.38 Å². The standard InChI is InChI=1S/C13H11ClS/c14-13(12-6-3-7-15-12)11-8-9-4-1-2-5-10(9)11/h1-7,11,13H,8H2. The number of thiophene rings is 1. The molecule has 0 amide bonds. The predicted octanol–water partition coefficient (Wildman–Crippen LogP) is 4.37. The summed E-state index contributed by atoms with van der Waals surface area (Å²) in [4.78, 5) is 1.29. The molecule has 2 heteroatoms. The molecule has 0 bridgehead atoms. The second kappa shape index (κ2) is 3.66. The lowest BCUT2D eigenvalue weighted by Crippen LogP contribution is -2.20. The molecule has 0 saturated carbocycles. The number of benzene rings is 1. The van der Waals surface area contributed by atoms with Crippen molar-refractivity contribution >= 4 is 22.9 Å². The van der Waals surface area contributed by atoms with Crippen molar-refractivity contribution in [2.45, 2.75) is 17.7 Å². The van der Waals surface area contributed by atoms with Gasteiger partial charge in [0.25, 0.3) is 0 Å². The van der Waals surface area contributed by atoms with Crippen LogP contribution in [-0.4, -0.2) is 0 Å². The molecular formula is C13H11ClS. The van der Waals surface area contributed by atoms with Gasteiger partial charge in [-0.2, -0.15) is 0 Å². The maximum atomic E-state index is 6.49. The summed E-state index contributed by atoms with van der Waals surface area (Å²) in [5.74, 6) is 0.515. The molecule has 1 aliphatic carbocycles. The predicted molar refractivity (Wildman–Crippen MR) is 65.8 cm³/mol. The van der Waals surface area contributed by atoms with E-state index in [1.165, 1.54) is 16.0 Å². The summed E-state index contributed by atoms with van der Waals surface area (Å²) in [6.07, 6.45) is 1.13. The van der Waals surface area contributed by atoms with E-state index in [1.54, 1.807) is 11.3 Å². The molecular weight excluding hydrogens is 224 g/mol. The molecule has 1 aromatic heterocycles. The van der Waals surface area contributed by atoms with Crippen LogP contribution in [0.3, 0.4) is 0 Å². The van der Waals surface area contributed by atoms with Crippen LogP contribution in [0.25, 0.3) is 0 Å². The van der Waals surface area contributed by atoms with Gasteiger partial charge < -0.3 is 0 Å². The monoisotopic (exact) mass is 234 g/mol. The number of alkyl halides is 1. The maximum Gasteiger partial charge on any atom is 0.0750 e. The van der Waals surface area contributed by atoms with E-state index in [-0.39, 0.29) is 5.38 Å². The van der Waals surface area contributed by atoms with Crippen LogP contribution in [-0.2, 0) is 6.42 Å². The minimum atomic E-state index is 0.153. The van der Waals surface area contributed by atoms with Crippen molar-refractivity contribution in [2.24, 2.45) is 0 Å². The van der Waals surface area contributed by atoms with Gasteiger partial charge in [0.15, 0.2) is 0 Å². The van der Waals surface area contributed by atoms with Crippen molar-refractivity contribution in [3.05, 3.63) is 57.8 Å². The summed E-state index contributed by atoms with van der Waals surface area (Å²) in [5, 5.41) is 2.25. The van der Waals surface area contributed by atoms with Crippen LogP contribution in [0, 0.1) is 0 Å². The van der Waals surface area contributed by atoms with E-state index in [0.29, 0.717) is 5.92 Å². The van der Waals surface area contributed by atoms with E-state index < -0.39 is 0 Å². The van der Waals surface area contributed by atoms with Gasteiger partial charge in [0, 0.05) is 10.8 Å². The highest BCUT2D eigenvalue weighted by molar-refractivity contribution is 7.10. The van der Waals surface area contributed by atoms with Crippen molar-refractivity contribution in [3.8, 4) is 0 Å². The van der Waals surface area contributed by atoms with Crippen LogP contribution in [0.1, 0.15) is 27.3 Å². The third kappa shape index (κ3) is 1.51. The Labute approximate surface area is 98.5 Å². The first-order chi connectivity index (χ1) is 7.36. The Balaban J connectivity index is 1.88. The van der Waals surface area contributed by atoms with Gasteiger partial charge in [-0.3, -0.25) is 0 Å². The third-order valence-corrected chi connectivity index (χ3v) is 4.69. The topological polar surface area (TPSA) is 0 Å². The van der Waals surface area contributed by atoms with Crippen molar-refractivity contribution in [1.82, 2.24) is 0 Å². The van der Waals surface area contributed by atoms with E-state index >= 15 is 0 Å². The summed E-state index contributed by atoms with van der Waals surface area (Å²) < 4.78 is 0. The van der Waals surface area contributed by atoms with Crippen LogP contribution < -0.4 is 0 Å². The molecule has 0 radical (unpaired) electrons. The average molecular weight is 235 g/mol. The quantitative estimate of drug-likeness (QED) is 0.677. The van der Waals surface area contributed by atoms with E-state index in [4.69, 9.17) is 11.6 Å². The largest absolute Gasteiger partial charge is 0.147 e. The first-order valence-corrected chi connectivity index (χ1v) is 6.43. The molecule has 15 heavy (non-hydrogen) atoms. The minimum absolute atomic E-state index is 0.153. The van der Waals surface area contributed by atoms with Crippen LogP contribution >= 0.6 is 22.9 Å². The Hall–Kier alpha value is -0.790. The van der Waals surface area contributed by atoms with E-state index in [0.717, 1.165) is 6.42 Å². The highest BCUT2D eigenvalue weighted by Gasteiger charge is 2.32. The lowest BCUT2D eigenvalue weighted by Gasteiger charge is -2.33. The Morgan fingerprint density at radius 1 is 1.20 bits per heavy atom. The van der Waals surface area contributed by atoms with Gasteiger partial charge >= 0.3 is 0 Å². The van der Waals surface area contributed by atoms with Crippen molar-refractivity contribution in [3.63, 3.8) is 0 Å². The van der Waals surface area contributed by atoms with Gasteiger partial charge in [0.1, 0.15) is 0 Å². The highest BCUT2D eigenvalue weighted by atomic mass is 35.5. The Kier molecular flexibility index (Phi) is 2.30. The smallest absolute Gasteiger partial charge is 0.0750 e. The molecule has 0 nitrogen and oxygen atoms in total. The summed E-state index contributed by atoms with van der Waals surface area (Å²) in [6.45, 7) is 0. The SMILES string of the molecule is ClC(c1cccs1)C1Cc2ccccc21. The van der Waals surface area contributed by atoms with Crippen LogP contribution in [0.2, 0.25) is 0 Å². The summed E-state index contributed by atoms with van der Waals surface area (Å²) in [5.41, 5.74) is 2.90. The molecule has 1 aliphatic rings. The molecule has 76 valence electrons. The van der Waals surface area contributed by atoms with E-state index in [9.17, 15) is 0 Å². The average Bonchev–Trinajstić information content (AvgIpc) is 2.72. The normalized spacial score (nSPS) is 20.5. The molecule has 1 heterocycles. The van der Waals surface area contributed by atoms with E-state index in [2.05, 4.69) is 41.8 Å². The zero-order chi connectivity index (χ0) is 10.3. The first kappa shape index (κ1) is 9.44. The van der Waals surface area contributed by atoms with Gasteiger partial charge in [-0.15, -0.1) is 22.9 Å². The van der Waals surface area contributed by atoms with E-state index in [1.807, 2.05) is 0 Å². The molecule has 2 unspecified atom stereocenters. The van der Waals surface area contributed by atoms with Crippen molar-refractivity contribution < 1.29 is 0 Å². The van der Waals surface area contributed by atoms with Crippen LogP contribution in [0.4, 0.5) is 0 Å². The third-order valence-electron chi connectivity index (χ3n) is 3.06. The van der Waals surface area contributed by atoms with Gasteiger partial charge in [-0.05, 0) is 29.0 Å². The number of halogens is 1. The maximum absolute atomic E-state index is 6.49. The second-order valence-electron chi connectivity index (χ2n) is 3.93. The number of hydrogen-bond acceptors (Lipinski definition) is 1. The van der Waals surface area contributed by atoms with Crippen molar-refractivity contribution in [2.75, 3.05) is 0 Å². The molecule has 0 aliphatic heterocycles. The second-order valence-corrected chi connectivity index (χ2v) is 5.38. The molecule has 0 N–H and O–H groups in total. The Morgan fingerprint density at radius 2 is 2.07 bits per heavy atom. The van der Waals surface area contributed by atoms with Gasteiger partial charge in [-0.1, -0.05) is 30.3 Å². The van der Waals surface area contributed by atoms with Crippen LogP contribution in [0.5, 0.6) is 0 Å². The lowest BCUT2D eigenvalue weighted by atomic mass is 9.75. The Morgan fingerprint density at radius 3 is 2.80 bits per heavy atom. The fourth-order valence-electron chi connectivity index (χ4n) is 2.21. The highest BCUT2D eigenvalue weighted by Crippen LogP contribution is 2.47. The Bertz CT molecular complexity index is 461. The van der Waals surface area contributed by atoms with Gasteiger partial charge in [0.2, 0.25) is 0 Å². The summed E-state index contributed by atoms with van der Waals surface area (Å²) in [6, 6.07) is 12.8. The van der Waals surface area contributed by atoms with Gasteiger partial charge in [-0.25, -0.2) is 0 Å². The zero-order valence-corrected chi connectivity index (χ0v) is 9.76. The minimum Gasteiger partial charge on any atom is -0.147 e. The molecule has 0 saturated heterocycles. The number of rotatable bonds is 2. The molecule has 1 aromatic carbocycles. The molecule has 3 rings (SSSR count).